The monoisotopic (exact) mass is 1670 g/mol. The van der Waals surface area contributed by atoms with Crippen LogP contribution in [0.2, 0.25) is 0 Å². The average Bonchev–Trinajstić information content (AvgIpc) is 1.63. The van der Waals surface area contributed by atoms with E-state index in [1.807, 2.05) is 40.7 Å². The van der Waals surface area contributed by atoms with Crippen molar-refractivity contribution in [1.82, 2.24) is 79.3 Å². The SMILES string of the molecule is Brc1ccncn1.C.Cc1cc(Br)c(=O)n2c1C(=O)NC21CCCCC1.Cc1cc(C)c(=O)n2c1C(=O)NC21CCCCC1.Cc1cc(O)c(=O)n2c1C(=O)NC21CCCCC1.Cc1cc(Oc2ccncn2)c(=O)n2c1C(=O)NC21CCCCC1.Cc1cc(Oc2ccncn2)c(=O)n2c1C(=O)NC21CCCCC1.[2H]CF.[2H][2H]. The van der Waals surface area contributed by atoms with Crippen molar-refractivity contribution in [3.05, 3.63) is 209 Å². The first-order valence-electron chi connectivity index (χ1n) is 39.3. The number of carbonyl (C=O) groups excluding carboxylic acids is 5. The molecular formula is C80H97Br2FN16O13. The third-order valence-electron chi connectivity index (χ3n) is 22.4. The number of halogens is 3. The van der Waals surface area contributed by atoms with Gasteiger partial charge < -0.3 is 41.2 Å². The Morgan fingerprint density at radius 3 is 0.973 bits per heavy atom. The Labute approximate surface area is 667 Å². The number of carbonyl (C=O) groups is 5. The zero-order valence-electron chi connectivity index (χ0n) is 65.9. The van der Waals surface area contributed by atoms with Crippen LogP contribution in [0.3, 0.4) is 0 Å². The van der Waals surface area contributed by atoms with Crippen molar-refractivity contribution >= 4 is 61.4 Å². The fourth-order valence-corrected chi connectivity index (χ4v) is 18.3. The van der Waals surface area contributed by atoms with Gasteiger partial charge in [-0.05, 0) is 266 Å². The summed E-state index contributed by atoms with van der Waals surface area (Å²) < 4.78 is 46.3. The van der Waals surface area contributed by atoms with Gasteiger partial charge in [-0.1, -0.05) is 39.5 Å². The van der Waals surface area contributed by atoms with Crippen molar-refractivity contribution in [3.8, 4) is 29.0 Å². The molecule has 0 unspecified atom stereocenters. The minimum Gasteiger partial charge on any atom is -0.503 e. The Morgan fingerprint density at radius 1 is 0.402 bits per heavy atom. The molecule has 5 aliphatic heterocycles. The smallest absolute Gasteiger partial charge is 0.296 e. The number of aromatic hydroxyl groups is 1. The summed E-state index contributed by atoms with van der Waals surface area (Å²) in [6.45, 7) is 11.0. The van der Waals surface area contributed by atoms with E-state index in [0.717, 1.165) is 180 Å². The lowest BCUT2D eigenvalue weighted by atomic mass is 9.89. The maximum absolute atomic E-state index is 13.0. The number of hydrogen-bond acceptors (Lipinski definition) is 19. The summed E-state index contributed by atoms with van der Waals surface area (Å²) in [5.74, 6) is -0.0864. The fraction of sp³-hybridized carbons (Fsp3) is 0.475. The van der Waals surface area contributed by atoms with Crippen molar-refractivity contribution in [2.75, 3.05) is 7.15 Å². The maximum atomic E-state index is 13.0. The topological polar surface area (TPSA) is 372 Å². The molecule has 29 nitrogen and oxygen atoms in total. The van der Waals surface area contributed by atoms with Gasteiger partial charge >= 0.3 is 0 Å². The second-order valence-electron chi connectivity index (χ2n) is 29.8. The van der Waals surface area contributed by atoms with Gasteiger partial charge in [0.15, 0.2) is 17.2 Å². The van der Waals surface area contributed by atoms with Crippen molar-refractivity contribution < 1.29 is 47.3 Å². The van der Waals surface area contributed by atoms with Crippen LogP contribution in [0.25, 0.3) is 0 Å². The molecule has 5 amide bonds. The Balaban J connectivity index is 0.000000147. The summed E-state index contributed by atoms with van der Waals surface area (Å²) >= 11 is 6.46. The lowest BCUT2D eigenvalue weighted by Gasteiger charge is -2.35. The minimum atomic E-state index is -1.00. The van der Waals surface area contributed by atoms with Crippen molar-refractivity contribution in [3.63, 3.8) is 0 Å². The van der Waals surface area contributed by atoms with E-state index in [2.05, 4.69) is 88.3 Å². The highest BCUT2D eigenvalue weighted by Crippen LogP contribution is 2.43. The number of fused-ring (bicyclic) bond motifs is 10. The van der Waals surface area contributed by atoms with Crippen LogP contribution in [-0.4, -0.2) is 94.5 Å². The fourth-order valence-electron chi connectivity index (χ4n) is 17.6. The molecule has 596 valence electrons. The molecule has 32 heteroatoms. The number of ether oxygens (including phenoxy) is 2. The van der Waals surface area contributed by atoms with Crippen LogP contribution in [0.5, 0.6) is 29.0 Å². The highest BCUT2D eigenvalue weighted by atomic mass is 79.9. The van der Waals surface area contributed by atoms with E-state index in [9.17, 15) is 57.4 Å². The number of amides is 5. The molecule has 5 saturated carbocycles. The second-order valence-corrected chi connectivity index (χ2v) is 31.5. The first-order valence-corrected chi connectivity index (χ1v) is 39.2. The Kier molecular flexibility index (Phi) is 24.4. The van der Waals surface area contributed by atoms with Crippen LogP contribution < -0.4 is 63.9 Å². The van der Waals surface area contributed by atoms with Crippen LogP contribution in [0.4, 0.5) is 4.39 Å². The lowest BCUT2D eigenvalue weighted by Crippen LogP contribution is -2.48. The molecule has 8 aromatic heterocycles. The van der Waals surface area contributed by atoms with E-state index in [0.29, 0.717) is 50.3 Å². The number of pyridine rings is 5. The van der Waals surface area contributed by atoms with Gasteiger partial charge in [0.2, 0.25) is 11.8 Å². The van der Waals surface area contributed by atoms with Gasteiger partial charge in [0, 0.05) is 39.3 Å². The number of rotatable bonds is 4. The van der Waals surface area contributed by atoms with E-state index in [1.54, 1.807) is 80.2 Å². The van der Waals surface area contributed by atoms with Crippen LogP contribution in [0.15, 0.2) is 119 Å². The summed E-state index contributed by atoms with van der Waals surface area (Å²) in [7, 11) is -1.00. The first kappa shape index (κ1) is 79.7. The van der Waals surface area contributed by atoms with Gasteiger partial charge in [-0.25, -0.2) is 29.9 Å². The molecule has 10 aliphatic rings. The van der Waals surface area contributed by atoms with Crippen molar-refractivity contribution in [2.45, 2.75) is 238 Å². The summed E-state index contributed by atoms with van der Waals surface area (Å²) in [6.07, 6.45) is 32.9. The zero-order chi connectivity index (χ0) is 82.0. The molecule has 5 aliphatic carbocycles. The first-order chi connectivity index (χ1) is 54.7. The number of hydrogen-bond donors (Lipinski definition) is 6. The molecule has 5 fully saturated rings. The molecule has 112 heavy (non-hydrogen) atoms. The standard InChI is InChI=1S/2C17H18N4O3.C14H18N2O2.C13H15BrN2O2.C13H16N2O3.C4H3BrN2.CH3F.CH4.H2/c2*1-11-9-12(24-13-5-8-18-10-19-13)16(23)21-14(11)15(22)20-17(21)6-3-2-4-7-17;1-9-8-10(2)13(18)16-11(9)12(17)15-14(16)6-4-3-5-7-14;1-8-7-9(14)12(18)16-10(8)11(17)15-13(16)5-3-2-4-6-13;1-8-7-9(16)12(18)15-10(8)11(17)14-13(15)5-3-2-4-6-13;5-4-1-2-6-3-7-4;1-2;;/h2*5,8-10H,2-4,6-7H2,1H3,(H,20,22);8H,3-7H2,1-2H3,(H,15,17);7H,2-6H2,1H3,(H,15,17);7,16H,2-6H2,1H3,(H,14,17);1-3H;1H3;1H4;1H/i;;;;;;1D;;1+1D. The molecule has 0 aromatic carbocycles. The van der Waals surface area contributed by atoms with Gasteiger partial charge in [-0.2, -0.15) is 0 Å². The normalized spacial score (nSPS) is 18.7. The van der Waals surface area contributed by atoms with Crippen molar-refractivity contribution in [1.29, 1.82) is 0 Å². The van der Waals surface area contributed by atoms with E-state index >= 15 is 0 Å². The quantitative estimate of drug-likeness (QED) is 0.0891. The van der Waals surface area contributed by atoms with Gasteiger partial charge in [-0.15, -0.1) is 0 Å². The highest BCUT2D eigenvalue weighted by Gasteiger charge is 2.50. The summed E-state index contributed by atoms with van der Waals surface area (Å²) in [6, 6.07) is 13.1. The minimum absolute atomic E-state index is 0. The van der Waals surface area contributed by atoms with Gasteiger partial charge in [0.25, 0.3) is 57.3 Å². The predicted molar refractivity (Wildman–Crippen MR) is 424 cm³/mol. The average molecular weight is 1670 g/mol. The van der Waals surface area contributed by atoms with Gasteiger partial charge in [-0.3, -0.25) is 75.2 Å². The second kappa shape index (κ2) is 34.3. The maximum Gasteiger partial charge on any atom is 0.296 e. The molecule has 0 saturated heterocycles. The van der Waals surface area contributed by atoms with E-state index in [-0.39, 0.29) is 76.4 Å². The number of aryl methyl sites for hydroxylation is 6. The van der Waals surface area contributed by atoms with Crippen LogP contribution >= 0.6 is 31.9 Å². The molecule has 0 atom stereocenters. The Morgan fingerprint density at radius 2 is 0.679 bits per heavy atom. The Bertz CT molecular complexity index is 4860. The molecule has 0 bridgehead atoms. The summed E-state index contributed by atoms with van der Waals surface area (Å²) in [4.78, 5) is 147. The third-order valence-corrected chi connectivity index (χ3v) is 23.5. The Hall–Kier alpha value is -10.4. The van der Waals surface area contributed by atoms with Crippen LogP contribution in [-0.2, 0) is 28.3 Å². The largest absolute Gasteiger partial charge is 0.503 e. The number of aromatic nitrogens is 11. The summed E-state index contributed by atoms with van der Waals surface area (Å²) in [5.41, 5.74) is 3.00. The molecular weight excluding hydrogens is 1570 g/mol. The number of nitrogens with one attached hydrogen (secondary N) is 5. The number of alkyl halides is 1. The zero-order valence-corrected chi connectivity index (χ0v) is 66.0. The highest BCUT2D eigenvalue weighted by molar-refractivity contribution is 9.10. The number of nitrogens with zero attached hydrogens (tertiary/aromatic N) is 11. The van der Waals surface area contributed by atoms with Crippen molar-refractivity contribution in [2.24, 2.45) is 0 Å². The summed E-state index contributed by atoms with van der Waals surface area (Å²) in [5, 5.41) is 24.9. The van der Waals surface area contributed by atoms with Crippen LogP contribution in [0.1, 0.15) is 258 Å². The van der Waals surface area contributed by atoms with Gasteiger partial charge in [0.05, 0.1) is 13.0 Å². The van der Waals surface area contributed by atoms with E-state index in [1.165, 1.54) is 42.5 Å². The van der Waals surface area contributed by atoms with E-state index < -0.39 is 41.0 Å². The molecule has 8 aromatic rings. The molecule has 6 N–H and O–H groups in total. The molecule has 5 spiro atoms. The van der Waals surface area contributed by atoms with Gasteiger partial charge in [0.1, 0.15) is 80.4 Å². The molecule has 18 rings (SSSR count). The van der Waals surface area contributed by atoms with E-state index in [4.69, 9.17) is 13.8 Å². The predicted octanol–water partition coefficient (Wildman–Crippen LogP) is 12.2. The van der Waals surface area contributed by atoms with Crippen LogP contribution in [0, 0.1) is 41.5 Å². The molecule has 0 radical (unpaired) electrons. The third kappa shape index (κ3) is 15.9. The lowest BCUT2D eigenvalue weighted by molar-refractivity contribution is 0.0866. The molecule has 13 heterocycles.